The Hall–Kier alpha value is -2.74. The molecule has 0 unspecified atom stereocenters. The van der Waals surface area contributed by atoms with Gasteiger partial charge in [0.05, 0.1) is 10.7 Å². The lowest BCUT2D eigenvalue weighted by Gasteiger charge is -2.07. The van der Waals surface area contributed by atoms with Crippen molar-refractivity contribution in [3.63, 3.8) is 0 Å². The maximum atomic E-state index is 12.2. The quantitative estimate of drug-likeness (QED) is 0.660. The number of amides is 1. The van der Waals surface area contributed by atoms with Gasteiger partial charge in [0.15, 0.2) is 9.84 Å². The van der Waals surface area contributed by atoms with E-state index in [0.717, 1.165) is 6.26 Å². The van der Waals surface area contributed by atoms with Gasteiger partial charge in [0.25, 0.3) is 11.6 Å². The molecule has 2 aromatic carbocycles. The minimum Gasteiger partial charge on any atom is -0.322 e. The van der Waals surface area contributed by atoms with E-state index in [9.17, 15) is 23.3 Å². The summed E-state index contributed by atoms with van der Waals surface area (Å²) in [5, 5.41) is 13.5. The maximum Gasteiger partial charge on any atom is 0.274 e. The molecule has 126 valence electrons. The van der Waals surface area contributed by atoms with Crippen LogP contribution in [0.25, 0.3) is 0 Å². The van der Waals surface area contributed by atoms with Crippen molar-refractivity contribution < 1.29 is 18.1 Å². The molecule has 0 aliphatic heterocycles. The highest BCUT2D eigenvalue weighted by Crippen LogP contribution is 2.22. The number of aryl methyl sites for hydroxylation is 1. The number of carbonyl (C=O) groups excluding carboxylic acids is 1. The fourth-order valence-corrected chi connectivity index (χ4v) is 2.94. The molecule has 24 heavy (non-hydrogen) atoms. The number of hydrogen-bond donors (Lipinski definition) is 1. The van der Waals surface area contributed by atoms with E-state index in [-0.39, 0.29) is 11.4 Å². The monoisotopic (exact) mass is 348 g/mol. The van der Waals surface area contributed by atoms with Crippen LogP contribution in [0.15, 0.2) is 42.5 Å². The lowest BCUT2D eigenvalue weighted by atomic mass is 10.1. The zero-order valence-electron chi connectivity index (χ0n) is 13.1. The van der Waals surface area contributed by atoms with Crippen molar-refractivity contribution in [3.05, 3.63) is 69.3 Å². The molecule has 0 saturated carbocycles. The standard InChI is InChI=1S/C16H16N2O5S/c1-11-3-8-14(9-15(11)18(20)21)17-16(19)13-6-4-12(5-7-13)10-24(2,22)23/h3-9H,10H2,1-2H3,(H,17,19). The lowest BCUT2D eigenvalue weighted by molar-refractivity contribution is -0.385. The average molecular weight is 348 g/mol. The molecule has 7 nitrogen and oxygen atoms in total. The highest BCUT2D eigenvalue weighted by molar-refractivity contribution is 7.89. The fraction of sp³-hybridized carbons (Fsp3) is 0.188. The van der Waals surface area contributed by atoms with Gasteiger partial charge in [-0.05, 0) is 30.7 Å². The Balaban J connectivity index is 2.15. The third kappa shape index (κ3) is 4.63. The van der Waals surface area contributed by atoms with Crippen LogP contribution in [0.4, 0.5) is 11.4 Å². The number of nitro groups is 1. The average Bonchev–Trinajstić information content (AvgIpc) is 2.48. The Morgan fingerprint density at radius 1 is 1.17 bits per heavy atom. The van der Waals surface area contributed by atoms with Crippen molar-refractivity contribution in [1.29, 1.82) is 0 Å². The van der Waals surface area contributed by atoms with Gasteiger partial charge in [-0.3, -0.25) is 14.9 Å². The van der Waals surface area contributed by atoms with Gasteiger partial charge in [-0.1, -0.05) is 18.2 Å². The molecule has 1 amide bonds. The van der Waals surface area contributed by atoms with E-state index >= 15 is 0 Å². The first-order valence-electron chi connectivity index (χ1n) is 6.99. The van der Waals surface area contributed by atoms with Crippen LogP contribution < -0.4 is 5.32 Å². The molecule has 0 spiro atoms. The molecule has 0 radical (unpaired) electrons. The number of carbonyl (C=O) groups is 1. The summed E-state index contributed by atoms with van der Waals surface area (Å²) >= 11 is 0. The van der Waals surface area contributed by atoms with Gasteiger partial charge in [0.2, 0.25) is 0 Å². The Morgan fingerprint density at radius 2 is 1.79 bits per heavy atom. The second-order valence-electron chi connectivity index (χ2n) is 5.48. The van der Waals surface area contributed by atoms with E-state index < -0.39 is 20.7 Å². The van der Waals surface area contributed by atoms with Gasteiger partial charge in [-0.15, -0.1) is 0 Å². The summed E-state index contributed by atoms with van der Waals surface area (Å²) in [6.07, 6.45) is 1.14. The predicted molar refractivity (Wildman–Crippen MR) is 90.8 cm³/mol. The molecule has 1 N–H and O–H groups in total. The van der Waals surface area contributed by atoms with Crippen LogP contribution in [0.5, 0.6) is 0 Å². The number of nitrogens with zero attached hydrogens (tertiary/aromatic N) is 1. The van der Waals surface area contributed by atoms with Crippen molar-refractivity contribution in [3.8, 4) is 0 Å². The molecule has 0 aliphatic carbocycles. The minimum atomic E-state index is -3.14. The number of hydrogen-bond acceptors (Lipinski definition) is 5. The van der Waals surface area contributed by atoms with Gasteiger partial charge in [0.1, 0.15) is 0 Å². The molecule has 2 rings (SSSR count). The maximum absolute atomic E-state index is 12.2. The zero-order chi connectivity index (χ0) is 17.9. The van der Waals surface area contributed by atoms with Crippen LogP contribution in [-0.2, 0) is 15.6 Å². The number of benzene rings is 2. The first-order valence-corrected chi connectivity index (χ1v) is 9.05. The van der Waals surface area contributed by atoms with Gasteiger partial charge >= 0.3 is 0 Å². The molecule has 0 atom stereocenters. The molecule has 0 heterocycles. The molecule has 0 saturated heterocycles. The molecule has 0 aliphatic rings. The van der Waals surface area contributed by atoms with E-state index in [0.29, 0.717) is 22.4 Å². The summed E-state index contributed by atoms with van der Waals surface area (Å²) in [5.74, 6) is -0.530. The van der Waals surface area contributed by atoms with Gasteiger partial charge in [-0.2, -0.15) is 0 Å². The molecular formula is C16H16N2O5S. The third-order valence-corrected chi connectivity index (χ3v) is 4.17. The summed E-state index contributed by atoms with van der Waals surface area (Å²) in [5.41, 5.74) is 1.66. The third-order valence-electron chi connectivity index (χ3n) is 3.31. The SMILES string of the molecule is Cc1ccc(NC(=O)c2ccc(CS(C)(=O)=O)cc2)cc1[N+](=O)[O-]. The van der Waals surface area contributed by atoms with Gasteiger partial charge in [-0.25, -0.2) is 8.42 Å². The Morgan fingerprint density at radius 3 is 2.33 bits per heavy atom. The largest absolute Gasteiger partial charge is 0.322 e. The molecule has 0 aromatic heterocycles. The Labute approximate surface area is 139 Å². The molecular weight excluding hydrogens is 332 g/mol. The smallest absolute Gasteiger partial charge is 0.274 e. The highest BCUT2D eigenvalue weighted by atomic mass is 32.2. The summed E-state index contributed by atoms with van der Waals surface area (Å²) in [7, 11) is -3.14. The number of sulfone groups is 1. The summed E-state index contributed by atoms with van der Waals surface area (Å²) in [6.45, 7) is 1.62. The first-order chi connectivity index (χ1) is 11.2. The lowest BCUT2D eigenvalue weighted by Crippen LogP contribution is -2.12. The first kappa shape index (κ1) is 17.6. The second kappa shape index (κ2) is 6.79. The molecule has 0 fully saturated rings. The number of nitro benzene ring substituents is 1. The minimum absolute atomic E-state index is 0.0729. The van der Waals surface area contributed by atoms with Crippen LogP contribution in [0.1, 0.15) is 21.5 Å². The predicted octanol–water partition coefficient (Wildman–Crippen LogP) is 2.70. The Bertz CT molecular complexity index is 889. The normalized spacial score (nSPS) is 11.1. The van der Waals surface area contributed by atoms with Crippen LogP contribution in [0, 0.1) is 17.0 Å². The van der Waals surface area contributed by atoms with E-state index in [4.69, 9.17) is 0 Å². The second-order valence-corrected chi connectivity index (χ2v) is 7.62. The summed E-state index contributed by atoms with van der Waals surface area (Å²) < 4.78 is 22.5. The number of anilines is 1. The topological polar surface area (TPSA) is 106 Å². The van der Waals surface area contributed by atoms with E-state index in [1.54, 1.807) is 31.2 Å². The number of nitrogens with one attached hydrogen (secondary N) is 1. The van der Waals surface area contributed by atoms with Crippen LogP contribution in [0.3, 0.4) is 0 Å². The van der Waals surface area contributed by atoms with Gasteiger partial charge < -0.3 is 5.32 Å². The van der Waals surface area contributed by atoms with Crippen molar-refractivity contribution in [2.75, 3.05) is 11.6 Å². The zero-order valence-corrected chi connectivity index (χ0v) is 14.0. The van der Waals surface area contributed by atoms with Gasteiger partial charge in [0, 0.05) is 29.1 Å². The van der Waals surface area contributed by atoms with Crippen LogP contribution >= 0.6 is 0 Å². The van der Waals surface area contributed by atoms with Crippen LogP contribution in [-0.4, -0.2) is 25.5 Å². The van der Waals surface area contributed by atoms with Crippen molar-refractivity contribution in [2.45, 2.75) is 12.7 Å². The fourth-order valence-electron chi connectivity index (χ4n) is 2.14. The highest BCUT2D eigenvalue weighted by Gasteiger charge is 2.13. The summed E-state index contributed by atoms with van der Waals surface area (Å²) in [4.78, 5) is 22.6. The summed E-state index contributed by atoms with van der Waals surface area (Å²) in [6, 6.07) is 10.6. The van der Waals surface area contributed by atoms with Crippen molar-refractivity contribution in [1.82, 2.24) is 0 Å². The van der Waals surface area contributed by atoms with Crippen molar-refractivity contribution in [2.24, 2.45) is 0 Å². The van der Waals surface area contributed by atoms with Crippen molar-refractivity contribution >= 4 is 27.1 Å². The van der Waals surface area contributed by atoms with E-state index in [2.05, 4.69) is 5.32 Å². The van der Waals surface area contributed by atoms with E-state index in [1.807, 2.05) is 0 Å². The van der Waals surface area contributed by atoms with Crippen LogP contribution in [0.2, 0.25) is 0 Å². The number of rotatable bonds is 5. The molecule has 2 aromatic rings. The molecule has 0 bridgehead atoms. The molecule has 8 heteroatoms. The Kier molecular flexibility index (Phi) is 4.99. The van der Waals surface area contributed by atoms with E-state index in [1.165, 1.54) is 18.2 Å².